The Bertz CT molecular complexity index is 425. The maximum atomic E-state index is 6.38. The second-order valence-electron chi connectivity index (χ2n) is 5.00. The standard InChI is InChI=1S/C13H19Cl2N3/c1-17-5-6-18(2)12(8-17)13(16)10-7-9(14)3-4-11(10)15/h3-4,7,12-13H,5-6,8,16H2,1-2H3. The molecule has 0 amide bonds. The molecule has 1 aromatic carbocycles. The van der Waals surface area contributed by atoms with Crippen molar-refractivity contribution in [1.82, 2.24) is 9.80 Å². The number of halogens is 2. The van der Waals surface area contributed by atoms with E-state index in [0.29, 0.717) is 10.0 Å². The van der Waals surface area contributed by atoms with Crippen LogP contribution < -0.4 is 5.73 Å². The molecule has 2 rings (SSSR count). The maximum absolute atomic E-state index is 6.38. The van der Waals surface area contributed by atoms with E-state index in [9.17, 15) is 0 Å². The van der Waals surface area contributed by atoms with E-state index >= 15 is 0 Å². The fourth-order valence-electron chi connectivity index (χ4n) is 2.41. The molecule has 1 aromatic rings. The predicted molar refractivity (Wildman–Crippen MR) is 77.3 cm³/mol. The molecule has 0 bridgehead atoms. The quantitative estimate of drug-likeness (QED) is 0.906. The largest absolute Gasteiger partial charge is 0.323 e. The Kier molecular flexibility index (Phi) is 4.51. The smallest absolute Gasteiger partial charge is 0.0480 e. The molecule has 2 atom stereocenters. The van der Waals surface area contributed by atoms with Crippen molar-refractivity contribution in [1.29, 1.82) is 0 Å². The van der Waals surface area contributed by atoms with E-state index in [2.05, 4.69) is 23.9 Å². The van der Waals surface area contributed by atoms with Gasteiger partial charge in [0.05, 0.1) is 0 Å². The van der Waals surface area contributed by atoms with E-state index in [1.54, 1.807) is 6.07 Å². The first-order valence-electron chi connectivity index (χ1n) is 6.08. The molecule has 1 aliphatic heterocycles. The lowest BCUT2D eigenvalue weighted by atomic mass is 9.97. The second kappa shape index (κ2) is 5.76. The molecule has 0 spiro atoms. The SMILES string of the molecule is CN1CCN(C)C(C(N)c2cc(Cl)ccc2Cl)C1. The zero-order chi connectivity index (χ0) is 13.3. The minimum absolute atomic E-state index is 0.121. The van der Waals surface area contributed by atoms with Crippen LogP contribution in [0.4, 0.5) is 0 Å². The number of nitrogens with zero attached hydrogens (tertiary/aromatic N) is 2. The minimum Gasteiger partial charge on any atom is -0.323 e. The van der Waals surface area contributed by atoms with Gasteiger partial charge in [0.2, 0.25) is 0 Å². The fourth-order valence-corrected chi connectivity index (χ4v) is 2.83. The third-order valence-electron chi connectivity index (χ3n) is 3.63. The number of nitrogens with two attached hydrogens (primary N) is 1. The van der Waals surface area contributed by atoms with Gasteiger partial charge in [-0.1, -0.05) is 23.2 Å². The molecular formula is C13H19Cl2N3. The van der Waals surface area contributed by atoms with Crippen molar-refractivity contribution in [3.05, 3.63) is 33.8 Å². The van der Waals surface area contributed by atoms with Gasteiger partial charge in [0.25, 0.3) is 0 Å². The number of benzene rings is 1. The normalized spacial score (nSPS) is 24.2. The molecule has 1 aliphatic rings. The van der Waals surface area contributed by atoms with Crippen molar-refractivity contribution >= 4 is 23.2 Å². The first-order chi connectivity index (χ1) is 8.49. The Hall–Kier alpha value is -0.320. The summed E-state index contributed by atoms with van der Waals surface area (Å²) >= 11 is 12.3. The zero-order valence-corrected chi connectivity index (χ0v) is 12.2. The Balaban J connectivity index is 2.23. The first-order valence-corrected chi connectivity index (χ1v) is 6.84. The summed E-state index contributed by atoms with van der Waals surface area (Å²) in [5, 5.41) is 1.37. The molecule has 1 heterocycles. The minimum atomic E-state index is -0.121. The van der Waals surface area contributed by atoms with Gasteiger partial charge in [-0.2, -0.15) is 0 Å². The van der Waals surface area contributed by atoms with Gasteiger partial charge in [0, 0.05) is 41.8 Å². The van der Waals surface area contributed by atoms with E-state index in [1.807, 2.05) is 12.1 Å². The average Bonchev–Trinajstić information content (AvgIpc) is 2.34. The number of hydrogen-bond acceptors (Lipinski definition) is 3. The van der Waals surface area contributed by atoms with E-state index in [1.165, 1.54) is 0 Å². The van der Waals surface area contributed by atoms with Gasteiger partial charge in [-0.15, -0.1) is 0 Å². The first kappa shape index (κ1) is 14.1. The predicted octanol–water partition coefficient (Wildman–Crippen LogP) is 2.24. The number of likely N-dealkylation sites (N-methyl/N-ethyl adjacent to an activating group) is 2. The van der Waals surface area contributed by atoms with Gasteiger partial charge in [-0.3, -0.25) is 4.90 Å². The van der Waals surface area contributed by atoms with Crippen LogP contribution >= 0.6 is 23.2 Å². The summed E-state index contributed by atoms with van der Waals surface area (Å²) in [4.78, 5) is 4.59. The lowest BCUT2D eigenvalue weighted by molar-refractivity contribution is 0.0974. The highest BCUT2D eigenvalue weighted by atomic mass is 35.5. The molecule has 1 saturated heterocycles. The lowest BCUT2D eigenvalue weighted by Crippen LogP contribution is -2.54. The lowest BCUT2D eigenvalue weighted by Gasteiger charge is -2.41. The van der Waals surface area contributed by atoms with Gasteiger partial charge in [-0.25, -0.2) is 0 Å². The summed E-state index contributed by atoms with van der Waals surface area (Å²) in [5.41, 5.74) is 7.31. The molecule has 5 heteroatoms. The van der Waals surface area contributed by atoms with Gasteiger partial charge in [-0.05, 0) is 37.9 Å². The summed E-state index contributed by atoms with van der Waals surface area (Å²) in [5.74, 6) is 0. The third kappa shape index (κ3) is 2.98. The molecule has 0 aliphatic carbocycles. The van der Waals surface area contributed by atoms with Crippen LogP contribution in [0.1, 0.15) is 11.6 Å². The Morgan fingerprint density at radius 3 is 2.72 bits per heavy atom. The van der Waals surface area contributed by atoms with Crippen molar-refractivity contribution in [3.8, 4) is 0 Å². The molecule has 100 valence electrons. The van der Waals surface area contributed by atoms with Crippen molar-refractivity contribution in [3.63, 3.8) is 0 Å². The fraction of sp³-hybridized carbons (Fsp3) is 0.538. The van der Waals surface area contributed by atoms with Crippen molar-refractivity contribution < 1.29 is 0 Å². The van der Waals surface area contributed by atoms with Crippen LogP contribution in [0.15, 0.2) is 18.2 Å². The van der Waals surface area contributed by atoms with Crippen LogP contribution in [0.5, 0.6) is 0 Å². The molecule has 0 radical (unpaired) electrons. The van der Waals surface area contributed by atoms with Gasteiger partial charge >= 0.3 is 0 Å². The number of rotatable bonds is 2. The Morgan fingerprint density at radius 2 is 2.00 bits per heavy atom. The van der Waals surface area contributed by atoms with Crippen LogP contribution in [0.25, 0.3) is 0 Å². The highest BCUT2D eigenvalue weighted by Gasteiger charge is 2.29. The Morgan fingerprint density at radius 1 is 1.28 bits per heavy atom. The summed E-state index contributed by atoms with van der Waals surface area (Å²) in [6.45, 7) is 3.04. The average molecular weight is 288 g/mol. The van der Waals surface area contributed by atoms with Gasteiger partial charge in [0.1, 0.15) is 0 Å². The van der Waals surface area contributed by atoms with E-state index in [-0.39, 0.29) is 12.1 Å². The topological polar surface area (TPSA) is 32.5 Å². The van der Waals surface area contributed by atoms with Crippen molar-refractivity contribution in [2.24, 2.45) is 5.73 Å². The molecular weight excluding hydrogens is 269 g/mol. The van der Waals surface area contributed by atoms with Crippen LogP contribution in [0, 0.1) is 0 Å². The third-order valence-corrected chi connectivity index (χ3v) is 4.21. The van der Waals surface area contributed by atoms with Crippen LogP contribution in [-0.2, 0) is 0 Å². The molecule has 1 fully saturated rings. The van der Waals surface area contributed by atoms with Crippen LogP contribution in [0.3, 0.4) is 0 Å². The summed E-state index contributed by atoms with van der Waals surface area (Å²) in [7, 11) is 4.22. The summed E-state index contributed by atoms with van der Waals surface area (Å²) < 4.78 is 0. The second-order valence-corrected chi connectivity index (χ2v) is 5.85. The monoisotopic (exact) mass is 287 g/mol. The molecule has 3 nitrogen and oxygen atoms in total. The van der Waals surface area contributed by atoms with Crippen molar-refractivity contribution in [2.75, 3.05) is 33.7 Å². The van der Waals surface area contributed by atoms with Gasteiger partial charge < -0.3 is 10.6 Å². The van der Waals surface area contributed by atoms with E-state index < -0.39 is 0 Å². The molecule has 18 heavy (non-hydrogen) atoms. The van der Waals surface area contributed by atoms with E-state index in [4.69, 9.17) is 28.9 Å². The molecule has 2 N–H and O–H groups in total. The summed E-state index contributed by atoms with van der Waals surface area (Å²) in [6.07, 6.45) is 0. The molecule has 2 unspecified atom stereocenters. The zero-order valence-electron chi connectivity index (χ0n) is 10.7. The Labute approximate surface area is 118 Å². The van der Waals surface area contributed by atoms with Crippen molar-refractivity contribution in [2.45, 2.75) is 12.1 Å². The number of piperazine rings is 1. The van der Waals surface area contributed by atoms with Crippen LogP contribution in [-0.4, -0.2) is 49.6 Å². The molecule has 0 saturated carbocycles. The highest BCUT2D eigenvalue weighted by Crippen LogP contribution is 2.29. The van der Waals surface area contributed by atoms with Crippen LogP contribution in [0.2, 0.25) is 10.0 Å². The van der Waals surface area contributed by atoms with Gasteiger partial charge in [0.15, 0.2) is 0 Å². The van der Waals surface area contributed by atoms with E-state index in [0.717, 1.165) is 25.2 Å². The number of hydrogen-bond donors (Lipinski definition) is 1. The maximum Gasteiger partial charge on any atom is 0.0480 e. The highest BCUT2D eigenvalue weighted by molar-refractivity contribution is 6.33. The molecule has 0 aromatic heterocycles. The summed E-state index contributed by atoms with van der Waals surface area (Å²) in [6, 6.07) is 5.61.